The van der Waals surface area contributed by atoms with E-state index in [1.807, 2.05) is 24.3 Å². The molecule has 1 amide bonds. The van der Waals surface area contributed by atoms with E-state index in [2.05, 4.69) is 32.6 Å². The van der Waals surface area contributed by atoms with Gasteiger partial charge in [0.1, 0.15) is 0 Å². The number of rotatable bonds is 11. The van der Waals surface area contributed by atoms with Crippen molar-refractivity contribution in [2.24, 2.45) is 0 Å². The number of carbonyl (C=O) groups is 1. The Hall–Kier alpha value is -2.02. The summed E-state index contributed by atoms with van der Waals surface area (Å²) in [7, 11) is 0. The second kappa shape index (κ2) is 9.96. The lowest BCUT2D eigenvalue weighted by Gasteiger charge is -2.24. The lowest BCUT2D eigenvalue weighted by molar-refractivity contribution is -0.115. The van der Waals surface area contributed by atoms with Gasteiger partial charge in [0.25, 0.3) is 5.91 Å². The SMILES string of the molecule is C=C(CCF)C(=O)N(CCCCCc1nc(C2CC2)no1)c1cccc(Br)c1. The molecule has 1 heterocycles. The van der Waals surface area contributed by atoms with Crippen LogP contribution in [0.3, 0.4) is 0 Å². The molecular formula is C21H25BrFN3O2. The molecule has 3 rings (SSSR count). The topological polar surface area (TPSA) is 59.2 Å². The maximum Gasteiger partial charge on any atom is 0.253 e. The molecule has 0 atom stereocenters. The standard InChI is InChI=1S/C21H25BrFN3O2/c1-15(11-12-23)21(27)26(18-7-5-6-17(22)14-18)13-4-2-3-8-19-24-20(25-28-19)16-9-10-16/h5-7,14,16H,1-4,8-13H2. The Balaban J connectivity index is 1.51. The van der Waals surface area contributed by atoms with Crippen LogP contribution >= 0.6 is 15.9 Å². The van der Waals surface area contributed by atoms with Gasteiger partial charge in [0.2, 0.25) is 5.89 Å². The average molecular weight is 450 g/mol. The van der Waals surface area contributed by atoms with E-state index in [1.54, 1.807) is 4.90 Å². The fourth-order valence-electron chi connectivity index (χ4n) is 3.00. The maximum absolute atomic E-state index is 12.7. The minimum atomic E-state index is -0.579. The van der Waals surface area contributed by atoms with Gasteiger partial charge in [-0.25, -0.2) is 0 Å². The zero-order chi connectivity index (χ0) is 19.9. The highest BCUT2D eigenvalue weighted by Crippen LogP contribution is 2.38. The number of unbranched alkanes of at least 4 members (excludes halogenated alkanes) is 2. The van der Waals surface area contributed by atoms with Crippen LogP contribution in [0, 0.1) is 0 Å². The molecule has 0 N–H and O–H groups in total. The highest BCUT2D eigenvalue weighted by Gasteiger charge is 2.28. The number of anilines is 1. The summed E-state index contributed by atoms with van der Waals surface area (Å²) in [6.45, 7) is 3.72. The minimum absolute atomic E-state index is 0.0594. The number of hydrogen-bond donors (Lipinski definition) is 0. The monoisotopic (exact) mass is 449 g/mol. The fourth-order valence-corrected chi connectivity index (χ4v) is 3.39. The Kier molecular flexibility index (Phi) is 7.36. The molecule has 7 heteroatoms. The molecule has 1 aliphatic rings. The molecule has 5 nitrogen and oxygen atoms in total. The molecule has 28 heavy (non-hydrogen) atoms. The Bertz CT molecular complexity index is 819. The molecular weight excluding hydrogens is 425 g/mol. The molecule has 0 unspecified atom stereocenters. The van der Waals surface area contributed by atoms with Crippen molar-refractivity contribution in [1.82, 2.24) is 10.1 Å². The van der Waals surface area contributed by atoms with Gasteiger partial charge in [-0.15, -0.1) is 0 Å². The number of hydrogen-bond acceptors (Lipinski definition) is 4. The van der Waals surface area contributed by atoms with Gasteiger partial charge in [0.15, 0.2) is 5.82 Å². The van der Waals surface area contributed by atoms with Crippen LogP contribution in [-0.2, 0) is 11.2 Å². The molecule has 0 spiro atoms. The maximum atomic E-state index is 12.7. The lowest BCUT2D eigenvalue weighted by Crippen LogP contribution is -2.33. The van der Waals surface area contributed by atoms with Crippen LogP contribution in [0.15, 0.2) is 45.4 Å². The van der Waals surface area contributed by atoms with Crippen LogP contribution in [0.4, 0.5) is 10.1 Å². The van der Waals surface area contributed by atoms with Crippen molar-refractivity contribution < 1.29 is 13.7 Å². The Morgan fingerprint density at radius 2 is 2.14 bits per heavy atom. The molecule has 1 aromatic carbocycles. The van der Waals surface area contributed by atoms with Crippen molar-refractivity contribution >= 4 is 27.5 Å². The highest BCUT2D eigenvalue weighted by molar-refractivity contribution is 9.10. The van der Waals surface area contributed by atoms with Crippen molar-refractivity contribution in [3.8, 4) is 0 Å². The molecule has 1 aromatic heterocycles. The van der Waals surface area contributed by atoms with E-state index in [0.717, 1.165) is 54.5 Å². The summed E-state index contributed by atoms with van der Waals surface area (Å²) in [6.07, 6.45) is 5.79. The van der Waals surface area contributed by atoms with Gasteiger partial charge in [0, 0.05) is 41.0 Å². The van der Waals surface area contributed by atoms with Gasteiger partial charge in [0.05, 0.1) is 6.67 Å². The molecule has 2 aromatic rings. The van der Waals surface area contributed by atoms with Gasteiger partial charge in [-0.05, 0) is 43.9 Å². The summed E-state index contributed by atoms with van der Waals surface area (Å²) >= 11 is 3.44. The molecule has 1 fully saturated rings. The second-order valence-electron chi connectivity index (χ2n) is 7.11. The number of aromatic nitrogens is 2. The Morgan fingerprint density at radius 1 is 1.32 bits per heavy atom. The van der Waals surface area contributed by atoms with Gasteiger partial charge >= 0.3 is 0 Å². The van der Waals surface area contributed by atoms with Crippen LogP contribution in [0.5, 0.6) is 0 Å². The third-order valence-corrected chi connectivity index (χ3v) is 5.26. The lowest BCUT2D eigenvalue weighted by atomic mass is 10.1. The van der Waals surface area contributed by atoms with Gasteiger partial charge in [-0.2, -0.15) is 4.98 Å². The van der Waals surface area contributed by atoms with E-state index >= 15 is 0 Å². The fraction of sp³-hybridized carbons (Fsp3) is 0.476. The number of benzene rings is 1. The summed E-state index contributed by atoms with van der Waals surface area (Å²) in [5, 5.41) is 4.03. The van der Waals surface area contributed by atoms with Crippen LogP contribution in [0.25, 0.3) is 0 Å². The van der Waals surface area contributed by atoms with Crippen molar-refractivity contribution in [2.75, 3.05) is 18.1 Å². The molecule has 0 bridgehead atoms. The number of alkyl halides is 1. The number of aryl methyl sites for hydroxylation is 1. The van der Waals surface area contributed by atoms with E-state index in [-0.39, 0.29) is 12.3 Å². The summed E-state index contributed by atoms with van der Waals surface area (Å²) in [5.41, 5.74) is 1.08. The zero-order valence-electron chi connectivity index (χ0n) is 15.9. The van der Waals surface area contributed by atoms with E-state index in [9.17, 15) is 9.18 Å². The smallest absolute Gasteiger partial charge is 0.253 e. The van der Waals surface area contributed by atoms with Gasteiger partial charge < -0.3 is 9.42 Å². The largest absolute Gasteiger partial charge is 0.339 e. The minimum Gasteiger partial charge on any atom is -0.339 e. The average Bonchev–Trinajstić information content (AvgIpc) is 3.43. The van der Waals surface area contributed by atoms with Crippen molar-refractivity contribution in [3.05, 3.63) is 52.6 Å². The van der Waals surface area contributed by atoms with Gasteiger partial charge in [-0.3, -0.25) is 9.18 Å². The van der Waals surface area contributed by atoms with Crippen molar-refractivity contribution in [3.63, 3.8) is 0 Å². The molecule has 0 saturated heterocycles. The summed E-state index contributed by atoms with van der Waals surface area (Å²) in [5.74, 6) is 1.81. The predicted molar refractivity (Wildman–Crippen MR) is 110 cm³/mol. The second-order valence-corrected chi connectivity index (χ2v) is 8.03. The molecule has 150 valence electrons. The quantitative estimate of drug-likeness (QED) is 0.341. The normalized spacial score (nSPS) is 13.5. The first-order valence-corrected chi connectivity index (χ1v) is 10.5. The van der Waals surface area contributed by atoms with Crippen molar-refractivity contribution in [1.29, 1.82) is 0 Å². The van der Waals surface area contributed by atoms with E-state index < -0.39 is 6.67 Å². The van der Waals surface area contributed by atoms with Crippen molar-refractivity contribution in [2.45, 2.75) is 50.9 Å². The number of carbonyl (C=O) groups excluding carboxylic acids is 1. The molecule has 0 aliphatic heterocycles. The first-order chi connectivity index (χ1) is 13.6. The number of nitrogens with zero attached hydrogens (tertiary/aromatic N) is 3. The summed E-state index contributed by atoms with van der Waals surface area (Å²) < 4.78 is 18.8. The summed E-state index contributed by atoms with van der Waals surface area (Å²) in [6, 6.07) is 7.55. The number of halogens is 2. The number of amides is 1. The van der Waals surface area contributed by atoms with Crippen LogP contribution < -0.4 is 4.90 Å². The van der Waals surface area contributed by atoms with Crippen LogP contribution in [0.1, 0.15) is 56.2 Å². The molecule has 1 saturated carbocycles. The first-order valence-electron chi connectivity index (χ1n) is 9.72. The molecule has 0 radical (unpaired) electrons. The van der Waals surface area contributed by atoms with E-state index in [4.69, 9.17) is 4.52 Å². The van der Waals surface area contributed by atoms with Gasteiger partial charge in [-0.1, -0.05) is 40.2 Å². The summed E-state index contributed by atoms with van der Waals surface area (Å²) in [4.78, 5) is 18.8. The third-order valence-electron chi connectivity index (χ3n) is 4.76. The first kappa shape index (κ1) is 20.7. The third kappa shape index (κ3) is 5.74. The van der Waals surface area contributed by atoms with Crippen LogP contribution in [0.2, 0.25) is 0 Å². The van der Waals surface area contributed by atoms with Crippen LogP contribution in [-0.4, -0.2) is 29.3 Å². The molecule has 1 aliphatic carbocycles. The zero-order valence-corrected chi connectivity index (χ0v) is 17.5. The van der Waals surface area contributed by atoms with E-state index in [1.165, 1.54) is 0 Å². The Morgan fingerprint density at radius 3 is 2.86 bits per heavy atom. The Labute approximate surface area is 173 Å². The predicted octanol–water partition coefficient (Wildman–Crippen LogP) is 5.37. The highest BCUT2D eigenvalue weighted by atomic mass is 79.9. The van der Waals surface area contributed by atoms with E-state index in [0.29, 0.717) is 23.9 Å².